The average Bonchev–Trinajstić information content (AvgIpc) is 2.87. The first kappa shape index (κ1) is 18.1. The van der Waals surface area contributed by atoms with Crippen LogP contribution in [0.3, 0.4) is 0 Å². The molecule has 0 unspecified atom stereocenters. The molecule has 1 fully saturated rings. The van der Waals surface area contributed by atoms with Gasteiger partial charge in [0, 0.05) is 19.2 Å². The molecule has 1 aliphatic rings. The van der Waals surface area contributed by atoms with Gasteiger partial charge in [0.1, 0.15) is 11.1 Å². The number of amides is 2. The van der Waals surface area contributed by atoms with Crippen LogP contribution in [0.2, 0.25) is 0 Å². The van der Waals surface area contributed by atoms with Crippen LogP contribution in [0.5, 0.6) is 0 Å². The maximum absolute atomic E-state index is 13.0. The zero-order valence-corrected chi connectivity index (χ0v) is 15.2. The van der Waals surface area contributed by atoms with Crippen molar-refractivity contribution >= 4 is 40.1 Å². The van der Waals surface area contributed by atoms with Gasteiger partial charge in [-0.1, -0.05) is 30.0 Å². The lowest BCUT2D eigenvalue weighted by Gasteiger charge is -2.10. The van der Waals surface area contributed by atoms with Gasteiger partial charge in [0.25, 0.3) is 0 Å². The Balaban J connectivity index is 1.67. The summed E-state index contributed by atoms with van der Waals surface area (Å²) in [7, 11) is 1.62. The van der Waals surface area contributed by atoms with Gasteiger partial charge in [0.05, 0.1) is 5.69 Å². The van der Waals surface area contributed by atoms with Crippen LogP contribution in [-0.2, 0) is 9.59 Å². The van der Waals surface area contributed by atoms with Gasteiger partial charge in [-0.15, -0.1) is 0 Å². The number of carbonyl (C=O) groups is 2. The number of carbonyl (C=O) groups excluding carboxylic acids is 2. The van der Waals surface area contributed by atoms with E-state index < -0.39 is 5.25 Å². The summed E-state index contributed by atoms with van der Waals surface area (Å²) >= 11 is 1.24. The molecule has 134 valence electrons. The van der Waals surface area contributed by atoms with E-state index in [0.717, 1.165) is 11.3 Å². The average molecular weight is 371 g/mol. The molecule has 2 aromatic rings. The van der Waals surface area contributed by atoms with Gasteiger partial charge in [-0.2, -0.15) is 0 Å². The lowest BCUT2D eigenvalue weighted by atomic mass is 10.2. The number of nitrogens with one attached hydrogen (secondary N) is 1. The van der Waals surface area contributed by atoms with E-state index in [1.807, 2.05) is 31.2 Å². The summed E-state index contributed by atoms with van der Waals surface area (Å²) in [4.78, 5) is 30.5. The third kappa shape index (κ3) is 4.11. The Labute approximate surface area is 155 Å². The van der Waals surface area contributed by atoms with Crippen LogP contribution in [0.4, 0.5) is 15.8 Å². The third-order valence-corrected chi connectivity index (χ3v) is 5.21. The van der Waals surface area contributed by atoms with Crippen molar-refractivity contribution in [3.8, 4) is 0 Å². The number of aliphatic imine (C=N–C) groups is 1. The highest BCUT2D eigenvalue weighted by molar-refractivity contribution is 8.15. The van der Waals surface area contributed by atoms with E-state index in [9.17, 15) is 14.0 Å². The van der Waals surface area contributed by atoms with Crippen LogP contribution in [0.15, 0.2) is 53.5 Å². The number of benzene rings is 2. The van der Waals surface area contributed by atoms with E-state index in [0.29, 0.717) is 10.9 Å². The number of amidine groups is 1. The van der Waals surface area contributed by atoms with Crippen LogP contribution < -0.4 is 5.32 Å². The molecule has 1 N–H and O–H groups in total. The quantitative estimate of drug-likeness (QED) is 0.891. The lowest BCUT2D eigenvalue weighted by Crippen LogP contribution is -2.30. The Morgan fingerprint density at radius 1 is 1.23 bits per heavy atom. The van der Waals surface area contributed by atoms with Crippen molar-refractivity contribution in [2.75, 3.05) is 12.4 Å². The molecule has 2 amide bonds. The fourth-order valence-corrected chi connectivity index (χ4v) is 3.66. The van der Waals surface area contributed by atoms with Crippen molar-refractivity contribution in [2.45, 2.75) is 18.6 Å². The molecule has 2 aromatic carbocycles. The SMILES string of the molecule is Cc1ccccc1NC(=O)C[C@@H]1SC(=Nc2ccc(F)cc2)N(C)C1=O. The molecule has 1 saturated heterocycles. The molecular formula is C19H18FN3O2S. The molecule has 1 aliphatic heterocycles. The Morgan fingerprint density at radius 2 is 1.92 bits per heavy atom. The molecule has 5 nitrogen and oxygen atoms in total. The predicted octanol–water partition coefficient (Wildman–Crippen LogP) is 3.72. The van der Waals surface area contributed by atoms with Gasteiger partial charge < -0.3 is 5.32 Å². The zero-order chi connectivity index (χ0) is 18.7. The molecule has 1 atom stereocenters. The molecule has 0 spiro atoms. The number of aryl methyl sites for hydroxylation is 1. The molecule has 0 saturated carbocycles. The first-order valence-corrected chi connectivity index (χ1v) is 8.96. The first-order valence-electron chi connectivity index (χ1n) is 8.08. The van der Waals surface area contributed by atoms with E-state index >= 15 is 0 Å². The summed E-state index contributed by atoms with van der Waals surface area (Å²) in [5.41, 5.74) is 2.25. The second-order valence-electron chi connectivity index (χ2n) is 5.94. The summed E-state index contributed by atoms with van der Waals surface area (Å²) < 4.78 is 13.0. The molecule has 7 heteroatoms. The van der Waals surface area contributed by atoms with Crippen molar-refractivity contribution in [3.63, 3.8) is 0 Å². The normalized spacial score (nSPS) is 18.4. The van der Waals surface area contributed by atoms with E-state index in [1.165, 1.54) is 28.8 Å². The number of nitrogens with zero attached hydrogens (tertiary/aromatic N) is 2. The van der Waals surface area contributed by atoms with E-state index in [1.54, 1.807) is 19.2 Å². The van der Waals surface area contributed by atoms with Crippen molar-refractivity contribution in [1.29, 1.82) is 0 Å². The van der Waals surface area contributed by atoms with Crippen molar-refractivity contribution in [2.24, 2.45) is 4.99 Å². The van der Waals surface area contributed by atoms with Crippen molar-refractivity contribution < 1.29 is 14.0 Å². The van der Waals surface area contributed by atoms with Crippen LogP contribution >= 0.6 is 11.8 Å². The molecule has 0 radical (unpaired) electrons. The van der Waals surface area contributed by atoms with Crippen LogP contribution in [-0.4, -0.2) is 34.2 Å². The van der Waals surface area contributed by atoms with Gasteiger partial charge in [0.15, 0.2) is 5.17 Å². The minimum atomic E-state index is -0.525. The highest BCUT2D eigenvalue weighted by Gasteiger charge is 2.37. The number of hydrogen-bond donors (Lipinski definition) is 1. The Bertz CT molecular complexity index is 867. The third-order valence-electron chi connectivity index (χ3n) is 3.98. The van der Waals surface area contributed by atoms with Gasteiger partial charge in [-0.3, -0.25) is 14.5 Å². The largest absolute Gasteiger partial charge is 0.326 e. The topological polar surface area (TPSA) is 61.8 Å². The molecule has 0 bridgehead atoms. The predicted molar refractivity (Wildman–Crippen MR) is 102 cm³/mol. The lowest BCUT2D eigenvalue weighted by molar-refractivity contribution is -0.127. The van der Waals surface area contributed by atoms with E-state index in [2.05, 4.69) is 10.3 Å². The number of anilines is 1. The summed E-state index contributed by atoms with van der Waals surface area (Å²) in [6, 6.07) is 13.2. The Hall–Kier alpha value is -2.67. The van der Waals surface area contributed by atoms with Crippen LogP contribution in [0, 0.1) is 12.7 Å². The molecule has 1 heterocycles. The monoisotopic (exact) mass is 371 g/mol. The first-order chi connectivity index (χ1) is 12.4. The summed E-state index contributed by atoms with van der Waals surface area (Å²) in [5, 5.41) is 2.81. The molecular weight excluding hydrogens is 353 g/mol. The minimum absolute atomic E-state index is 0.0601. The Kier molecular flexibility index (Phi) is 5.37. The summed E-state index contributed by atoms with van der Waals surface area (Å²) in [6.45, 7) is 1.91. The number of hydrogen-bond acceptors (Lipinski definition) is 4. The number of halogens is 1. The van der Waals surface area contributed by atoms with Crippen LogP contribution in [0.1, 0.15) is 12.0 Å². The number of thioether (sulfide) groups is 1. The highest BCUT2D eigenvalue weighted by Crippen LogP contribution is 2.31. The molecule has 0 aromatic heterocycles. The fourth-order valence-electron chi connectivity index (χ4n) is 2.51. The van der Waals surface area contributed by atoms with E-state index in [-0.39, 0.29) is 24.1 Å². The molecule has 0 aliphatic carbocycles. The summed E-state index contributed by atoms with van der Waals surface area (Å²) in [6.07, 6.45) is 0.0601. The van der Waals surface area contributed by atoms with E-state index in [4.69, 9.17) is 0 Å². The van der Waals surface area contributed by atoms with Gasteiger partial charge >= 0.3 is 0 Å². The summed E-state index contributed by atoms with van der Waals surface area (Å²) in [5.74, 6) is -0.736. The molecule has 26 heavy (non-hydrogen) atoms. The maximum Gasteiger partial charge on any atom is 0.242 e. The standard InChI is InChI=1S/C19H18FN3O2S/c1-12-5-3-4-6-15(12)22-17(24)11-16-18(25)23(2)19(26-16)21-14-9-7-13(20)8-10-14/h3-10,16H,11H2,1-2H3,(H,22,24)/t16-/m0/s1. The second kappa shape index (κ2) is 7.70. The second-order valence-corrected chi connectivity index (χ2v) is 7.11. The number of rotatable bonds is 4. The van der Waals surface area contributed by atoms with Crippen LogP contribution in [0.25, 0.3) is 0 Å². The minimum Gasteiger partial charge on any atom is -0.326 e. The van der Waals surface area contributed by atoms with Gasteiger partial charge in [-0.25, -0.2) is 9.38 Å². The number of para-hydroxylation sites is 1. The fraction of sp³-hybridized carbons (Fsp3) is 0.211. The van der Waals surface area contributed by atoms with Crippen molar-refractivity contribution in [3.05, 3.63) is 59.9 Å². The van der Waals surface area contributed by atoms with Gasteiger partial charge in [-0.05, 0) is 42.8 Å². The highest BCUT2D eigenvalue weighted by atomic mass is 32.2. The zero-order valence-electron chi connectivity index (χ0n) is 14.4. The van der Waals surface area contributed by atoms with Crippen molar-refractivity contribution in [1.82, 2.24) is 4.90 Å². The maximum atomic E-state index is 13.0. The Morgan fingerprint density at radius 3 is 2.62 bits per heavy atom. The smallest absolute Gasteiger partial charge is 0.242 e. The molecule has 3 rings (SSSR count). The van der Waals surface area contributed by atoms with Gasteiger partial charge in [0.2, 0.25) is 11.8 Å².